The number of aliphatic hydroxyl groups excluding tert-OH is 1. The van der Waals surface area contributed by atoms with Gasteiger partial charge in [0.05, 0.1) is 17.6 Å². The van der Waals surface area contributed by atoms with Crippen molar-refractivity contribution in [2.75, 3.05) is 5.32 Å². The van der Waals surface area contributed by atoms with E-state index in [1.165, 1.54) is 5.87 Å². The van der Waals surface area contributed by atoms with E-state index >= 15 is 0 Å². The zero-order valence-corrected chi connectivity index (χ0v) is 18.0. The molecule has 2 unspecified atom stereocenters. The molecule has 182 valence electrons. The van der Waals surface area contributed by atoms with Gasteiger partial charge in [-0.1, -0.05) is 32.3 Å². The second-order valence-electron chi connectivity index (χ2n) is 6.87. The number of aliphatic hydroxyl groups is 1. The minimum absolute atomic E-state index is 0.00665. The average Bonchev–Trinajstić information content (AvgIpc) is 2.74. The van der Waals surface area contributed by atoms with E-state index < -0.39 is 53.5 Å². The molecular formula is C22H26F3N3O5-2. The van der Waals surface area contributed by atoms with Gasteiger partial charge in [0.2, 0.25) is 0 Å². The molecule has 1 aromatic carbocycles. The van der Waals surface area contributed by atoms with Crippen LogP contribution in [0.25, 0.3) is 5.41 Å². The van der Waals surface area contributed by atoms with Crippen LogP contribution in [0.15, 0.2) is 42.5 Å². The summed E-state index contributed by atoms with van der Waals surface area (Å²) >= 11 is 0. The van der Waals surface area contributed by atoms with Crippen molar-refractivity contribution in [3.63, 3.8) is 0 Å². The number of hydrogen-bond acceptors (Lipinski definition) is 6. The van der Waals surface area contributed by atoms with Gasteiger partial charge in [-0.3, -0.25) is 15.5 Å². The fraction of sp³-hybridized carbons (Fsp3) is 0.409. The number of nitrogens with one attached hydrogen (secondary N) is 1. The number of carboxylic acid groups (broad SMARTS) is 1. The number of nitrogens with zero attached hydrogens (tertiary/aromatic N) is 1. The number of halogens is 3. The van der Waals surface area contributed by atoms with Crippen LogP contribution in [0.5, 0.6) is 0 Å². The summed E-state index contributed by atoms with van der Waals surface area (Å²) in [6.07, 6.45) is -1.59. The number of anilines is 1. The number of hydrogen-bond donors (Lipinski definition) is 3. The summed E-state index contributed by atoms with van der Waals surface area (Å²) in [6.45, 7) is 5.31. The Balaban J connectivity index is 0.000000861. The number of benzene rings is 1. The van der Waals surface area contributed by atoms with Gasteiger partial charge in [-0.2, -0.15) is 13.2 Å². The number of rotatable bonds is 11. The van der Waals surface area contributed by atoms with Crippen LogP contribution < -0.4 is 16.2 Å². The summed E-state index contributed by atoms with van der Waals surface area (Å²) in [4.78, 5) is 33.6. The van der Waals surface area contributed by atoms with Crippen molar-refractivity contribution < 1.29 is 37.8 Å². The van der Waals surface area contributed by atoms with E-state index in [-0.39, 0.29) is 5.69 Å². The molecule has 0 bridgehead atoms. The predicted molar refractivity (Wildman–Crippen MR) is 115 cm³/mol. The molecule has 0 saturated carbocycles. The molecule has 11 heteroatoms. The molecule has 0 aliphatic heterocycles. The number of nitrogens with two attached hydrogens (primary N) is 1. The summed E-state index contributed by atoms with van der Waals surface area (Å²) in [5.74, 6) is -1.69. The van der Waals surface area contributed by atoms with Crippen LogP contribution in [-0.4, -0.2) is 40.8 Å². The maximum atomic E-state index is 12.4. The smallest absolute Gasteiger partial charge is 0.416 e. The van der Waals surface area contributed by atoms with E-state index in [0.717, 1.165) is 49.6 Å². The third kappa shape index (κ3) is 11.8. The molecule has 1 amide bonds. The number of carboxylic acids is 1. The van der Waals surface area contributed by atoms with Gasteiger partial charge in [0.25, 0.3) is 5.91 Å². The summed E-state index contributed by atoms with van der Waals surface area (Å²) in [5.41, 5.74) is 3.53. The van der Waals surface area contributed by atoms with Crippen molar-refractivity contribution in [3.8, 4) is 0 Å². The fourth-order valence-corrected chi connectivity index (χ4v) is 2.28. The first kappa shape index (κ1) is 29.7. The molecule has 0 radical (unpaired) electrons. The Morgan fingerprint density at radius 2 is 1.85 bits per heavy atom. The van der Waals surface area contributed by atoms with E-state index in [2.05, 4.69) is 18.8 Å². The van der Waals surface area contributed by atoms with Gasteiger partial charge in [0, 0.05) is 18.2 Å². The van der Waals surface area contributed by atoms with Crippen molar-refractivity contribution in [2.24, 2.45) is 5.73 Å². The lowest BCUT2D eigenvalue weighted by Gasteiger charge is -2.10. The van der Waals surface area contributed by atoms with Crippen LogP contribution >= 0.6 is 0 Å². The maximum Gasteiger partial charge on any atom is 0.416 e. The minimum Gasteiger partial charge on any atom is -0.763 e. The van der Waals surface area contributed by atoms with Gasteiger partial charge in [0.15, 0.2) is 5.78 Å². The van der Waals surface area contributed by atoms with Gasteiger partial charge >= 0.3 is 6.18 Å². The van der Waals surface area contributed by atoms with Crippen LogP contribution in [0.3, 0.4) is 0 Å². The monoisotopic (exact) mass is 469 g/mol. The van der Waals surface area contributed by atoms with Gasteiger partial charge in [0.1, 0.15) is 5.57 Å². The number of ketones is 1. The van der Waals surface area contributed by atoms with Crippen molar-refractivity contribution >= 4 is 29.2 Å². The summed E-state index contributed by atoms with van der Waals surface area (Å²) < 4.78 is 37.2. The lowest BCUT2D eigenvalue weighted by Crippen LogP contribution is -2.41. The number of unbranched alkanes of at least 4 members (excludes halogenated alkanes) is 2. The van der Waals surface area contributed by atoms with Crippen LogP contribution in [-0.2, 0) is 20.6 Å². The molecule has 0 aliphatic carbocycles. The minimum atomic E-state index is -4.51. The summed E-state index contributed by atoms with van der Waals surface area (Å²) in [7, 11) is 0. The molecule has 0 spiro atoms. The Labute approximate surface area is 189 Å². The van der Waals surface area contributed by atoms with Crippen molar-refractivity contribution in [2.45, 2.75) is 57.3 Å². The van der Waals surface area contributed by atoms with Crippen LogP contribution in [0.4, 0.5) is 18.9 Å². The molecule has 2 atom stereocenters. The Hall–Kier alpha value is -3.27. The number of amides is 1. The van der Waals surface area contributed by atoms with Crippen LogP contribution in [0.1, 0.15) is 44.6 Å². The molecule has 0 fully saturated rings. The third-order valence-electron chi connectivity index (χ3n) is 4.18. The Morgan fingerprint density at radius 3 is 2.27 bits per heavy atom. The molecule has 0 heterocycles. The number of Topliss-reactive ketones (excluding diaryl/α,β-unsaturated/α-hetero) is 1. The summed E-state index contributed by atoms with van der Waals surface area (Å²) in [6, 6.07) is 2.74. The highest BCUT2D eigenvalue weighted by Crippen LogP contribution is 2.29. The number of aliphatic carboxylic acids is 1. The van der Waals surface area contributed by atoms with Gasteiger partial charge in [-0.15, -0.1) is 6.58 Å². The first-order valence-corrected chi connectivity index (χ1v) is 9.93. The van der Waals surface area contributed by atoms with Crippen LogP contribution in [0.2, 0.25) is 0 Å². The second kappa shape index (κ2) is 14.7. The molecule has 0 aliphatic rings. The first-order valence-electron chi connectivity index (χ1n) is 9.93. The van der Waals surface area contributed by atoms with E-state index in [1.807, 2.05) is 0 Å². The largest absolute Gasteiger partial charge is 0.763 e. The van der Waals surface area contributed by atoms with E-state index in [0.29, 0.717) is 6.42 Å². The van der Waals surface area contributed by atoms with Gasteiger partial charge in [-0.05, 0) is 30.7 Å². The lowest BCUT2D eigenvalue weighted by atomic mass is 10.1. The van der Waals surface area contributed by atoms with Crippen molar-refractivity contribution in [1.29, 1.82) is 0 Å². The normalized spacial score (nSPS) is 12.3. The average molecular weight is 469 g/mol. The molecule has 8 nitrogen and oxygen atoms in total. The van der Waals surface area contributed by atoms with Gasteiger partial charge in [-0.25, -0.2) is 0 Å². The molecule has 1 aromatic rings. The zero-order valence-electron chi connectivity index (χ0n) is 18.0. The van der Waals surface area contributed by atoms with E-state index in [9.17, 15) is 37.8 Å². The number of carbonyl (C=O) groups is 3. The quantitative estimate of drug-likeness (QED) is 0.112. The number of carbonyl (C=O) groups excluding carboxylic acids is 3. The van der Waals surface area contributed by atoms with E-state index in [4.69, 9.17) is 11.1 Å². The second-order valence-corrected chi connectivity index (χ2v) is 6.87. The predicted octanol–water partition coefficient (Wildman–Crippen LogP) is 1.96. The molecular weight excluding hydrogens is 443 g/mol. The Kier molecular flexibility index (Phi) is 13.3. The Morgan fingerprint density at radius 1 is 1.27 bits per heavy atom. The van der Waals surface area contributed by atoms with Crippen molar-refractivity contribution in [3.05, 3.63) is 53.5 Å². The van der Waals surface area contributed by atoms with Crippen molar-refractivity contribution in [1.82, 2.24) is 0 Å². The highest BCUT2D eigenvalue weighted by molar-refractivity contribution is 6.29. The molecule has 0 aromatic heterocycles. The van der Waals surface area contributed by atoms with Crippen LogP contribution in [0, 0.1) is 0 Å². The summed E-state index contributed by atoms with van der Waals surface area (Å²) in [5, 5.41) is 30.3. The highest BCUT2D eigenvalue weighted by Gasteiger charge is 2.30. The standard InChI is InChI=1S/C15H12F3N2O3.C7H15NO2/c1-2-11(21)7-13(22)12(8-19)14(23)20-10-5-3-9(4-6-10)15(16,17)18;1-2-3-4-5-6(8)7(9)10/h2-6,11,21H,1,7H2,(H,20,23);6H,2-5,8H2,1H3,(H,9,10)/q-1;/p-1. The fourth-order valence-electron chi connectivity index (χ4n) is 2.28. The molecule has 0 saturated heterocycles. The highest BCUT2D eigenvalue weighted by atomic mass is 19.4. The lowest BCUT2D eigenvalue weighted by molar-refractivity contribution is -0.307. The van der Waals surface area contributed by atoms with Gasteiger partial charge < -0.3 is 31.5 Å². The SMILES string of the molecule is C=CC(O)CC(=O)C(=C=[N-])C(=O)Nc1ccc(C(F)(F)F)cc1.CCCCCC(N)C(=O)[O-]. The molecule has 4 N–H and O–H groups in total. The van der Waals surface area contributed by atoms with E-state index in [1.54, 1.807) is 0 Å². The molecule has 33 heavy (non-hydrogen) atoms. The topological polar surface area (TPSA) is 155 Å². The molecule has 1 rings (SSSR count). The number of alkyl halides is 3. The maximum absolute atomic E-state index is 12.4. The first-order chi connectivity index (χ1) is 15.4. The zero-order chi connectivity index (χ0) is 25.6. The Bertz CT molecular complexity index is 863. The third-order valence-corrected chi connectivity index (χ3v) is 4.18.